The van der Waals surface area contributed by atoms with Crippen molar-refractivity contribution in [2.24, 2.45) is 4.90 Å². The van der Waals surface area contributed by atoms with E-state index < -0.39 is 0 Å². The summed E-state index contributed by atoms with van der Waals surface area (Å²) in [4.78, 5) is 3.70. The Labute approximate surface area is 161 Å². The van der Waals surface area contributed by atoms with Gasteiger partial charge in [0.25, 0.3) is 0 Å². The summed E-state index contributed by atoms with van der Waals surface area (Å²) >= 11 is 0. The van der Waals surface area contributed by atoms with Gasteiger partial charge >= 0.3 is 149 Å². The van der Waals surface area contributed by atoms with E-state index in [0.29, 0.717) is 0 Å². The normalized spacial score (nSPS) is 4.44. The molecule has 0 atom stereocenters. The van der Waals surface area contributed by atoms with Crippen LogP contribution >= 0.6 is 0 Å². The Hall–Kier alpha value is -5.42. The first-order chi connectivity index (χ1) is 13.4. The molecule has 0 rings (SSSR count). The van der Waals surface area contributed by atoms with Gasteiger partial charge < -0.3 is 0 Å². The van der Waals surface area contributed by atoms with Crippen molar-refractivity contribution in [3.8, 4) is 143 Å². The summed E-state index contributed by atoms with van der Waals surface area (Å²) in [6.45, 7) is 1.69. The van der Waals surface area contributed by atoms with Gasteiger partial charge in [-0.15, -0.1) is 0 Å². The Morgan fingerprint density at radius 2 is 0.926 bits per heavy atom. The molecule has 0 heterocycles. The third-order valence-electron chi connectivity index (χ3n) is 1.58. The smallest absolute Gasteiger partial charge is 0.0925 e. The third kappa shape index (κ3) is 20.6. The van der Waals surface area contributed by atoms with Crippen LogP contribution in [0.3, 0.4) is 0 Å². The minimum atomic E-state index is 1.29. The van der Waals surface area contributed by atoms with Crippen molar-refractivity contribution < 1.29 is 0 Å². The van der Waals surface area contributed by atoms with E-state index in [1.165, 1.54) is 7.07 Å². The summed E-state index contributed by atoms with van der Waals surface area (Å²) in [6, 6.07) is 2.43. The molecule has 0 aromatic heterocycles. The Morgan fingerprint density at radius 1 is 0.519 bits per heavy atom. The number of hydrogen-bond acceptors (Lipinski definition) is 1. The van der Waals surface area contributed by atoms with Gasteiger partial charge in [-0.3, -0.25) is 0 Å². The van der Waals surface area contributed by atoms with Gasteiger partial charge in [-0.1, -0.05) is 5.92 Å². The van der Waals surface area contributed by atoms with Crippen molar-refractivity contribution in [2.45, 2.75) is 6.92 Å². The maximum atomic E-state index is 4.91. The van der Waals surface area contributed by atoms with E-state index >= 15 is 0 Å². The molecular formula is C25H4BN. The Balaban J connectivity index is 4.36. The number of hydrogen-bond donors (Lipinski definition) is 0. The molecule has 0 bridgehead atoms. The number of nitrogens with zero attached hydrogens (tertiary/aromatic N) is 1. The summed E-state index contributed by atoms with van der Waals surface area (Å²) in [5.74, 6) is 54.5. The van der Waals surface area contributed by atoms with Crippen LogP contribution in [0, 0.1) is 143 Å². The van der Waals surface area contributed by atoms with Crippen LogP contribution in [0.5, 0.6) is 0 Å². The average Bonchev–Trinajstić information content (AvgIpc) is 2.68. The van der Waals surface area contributed by atoms with Crippen molar-refractivity contribution in [2.75, 3.05) is 0 Å². The van der Waals surface area contributed by atoms with E-state index in [1.807, 2.05) is 0 Å². The summed E-state index contributed by atoms with van der Waals surface area (Å²) in [6.07, 6.45) is 4.91. The van der Waals surface area contributed by atoms with Crippen molar-refractivity contribution in [1.29, 1.82) is 0 Å². The molecule has 0 aromatic carbocycles. The van der Waals surface area contributed by atoms with E-state index in [2.05, 4.69) is 141 Å². The molecule has 0 N–H and O–H groups in total. The Bertz CT molecular complexity index is 1330. The molecule has 112 valence electrons. The molecule has 0 aromatic rings. The van der Waals surface area contributed by atoms with E-state index in [1.54, 1.807) is 6.92 Å². The standard InChI is InChI=1S/C25H4BN/c1-3-5-7-9-11-13-15-17-19-21-23-25-27-26-24-22-20-18-16-14-12-10-8-6-4-2/h2H,1H3. The maximum absolute atomic E-state index is 4.91. The molecule has 0 spiro atoms. The van der Waals surface area contributed by atoms with Crippen LogP contribution in [0.15, 0.2) is 4.90 Å². The first kappa shape index (κ1) is 21.6. The van der Waals surface area contributed by atoms with E-state index in [9.17, 15) is 0 Å². The zero-order valence-corrected chi connectivity index (χ0v) is 14.1. The first-order valence-electron chi connectivity index (χ1n) is 6.81. The molecule has 0 unspecified atom stereocenters. The summed E-state index contributed by atoms with van der Waals surface area (Å²) in [5.41, 5.74) is 0. The zero-order chi connectivity index (χ0) is 19.7. The molecule has 0 aliphatic rings. The predicted molar refractivity (Wildman–Crippen MR) is 108 cm³/mol. The Morgan fingerprint density at radius 3 is 1.41 bits per heavy atom. The van der Waals surface area contributed by atoms with Crippen molar-refractivity contribution in [1.82, 2.24) is 0 Å². The molecule has 0 saturated carbocycles. The van der Waals surface area contributed by atoms with Gasteiger partial charge in [0.2, 0.25) is 0 Å². The van der Waals surface area contributed by atoms with Crippen molar-refractivity contribution in [3.05, 3.63) is 0 Å². The molecule has 0 radical (unpaired) electrons. The second-order valence-corrected chi connectivity index (χ2v) is 3.28. The molecule has 0 aliphatic carbocycles. The van der Waals surface area contributed by atoms with E-state index in [-0.39, 0.29) is 0 Å². The van der Waals surface area contributed by atoms with Gasteiger partial charge in [0.1, 0.15) is 0 Å². The van der Waals surface area contributed by atoms with Crippen LogP contribution < -0.4 is 0 Å². The van der Waals surface area contributed by atoms with Crippen LogP contribution in [0.25, 0.3) is 0 Å². The monoisotopic (exact) mass is 329 g/mol. The molecule has 27 heavy (non-hydrogen) atoms. The minimum Gasteiger partial charge on any atom is -0.0925 e. The van der Waals surface area contributed by atoms with Gasteiger partial charge in [-0.25, -0.2) is 0 Å². The van der Waals surface area contributed by atoms with Crippen LogP contribution in [0.2, 0.25) is 0 Å². The predicted octanol–water partition coefficient (Wildman–Crippen LogP) is 0.480. The Kier molecular flexibility index (Phi) is 16.5. The van der Waals surface area contributed by atoms with Gasteiger partial charge in [-0.2, -0.15) is 0 Å². The van der Waals surface area contributed by atoms with E-state index in [4.69, 9.17) is 6.42 Å². The molecular weight excluding hydrogens is 325 g/mol. The fraction of sp³-hybridized carbons (Fsp3) is 0.0400. The summed E-state index contributed by atoms with van der Waals surface area (Å²) < 4.78 is 0. The minimum absolute atomic E-state index is 1.29. The fourth-order valence-corrected chi connectivity index (χ4v) is 0.760. The first-order valence-corrected chi connectivity index (χ1v) is 6.81. The summed E-state index contributed by atoms with van der Waals surface area (Å²) in [7, 11) is 1.29. The molecule has 2 heteroatoms. The van der Waals surface area contributed by atoms with Crippen molar-refractivity contribution in [3.63, 3.8) is 0 Å². The topological polar surface area (TPSA) is 12.4 Å². The summed E-state index contributed by atoms with van der Waals surface area (Å²) in [5, 5.41) is 0. The molecule has 0 fully saturated rings. The number of terminal acetylenes is 1. The van der Waals surface area contributed by atoms with Crippen LogP contribution in [-0.4, -0.2) is 7.07 Å². The zero-order valence-electron chi connectivity index (χ0n) is 14.1. The van der Waals surface area contributed by atoms with Gasteiger partial charge in [0, 0.05) is 0 Å². The second-order valence-electron chi connectivity index (χ2n) is 3.28. The van der Waals surface area contributed by atoms with Crippen molar-refractivity contribution >= 4 is 7.07 Å². The van der Waals surface area contributed by atoms with E-state index in [0.717, 1.165) is 0 Å². The quantitative estimate of drug-likeness (QED) is 0.453. The van der Waals surface area contributed by atoms with Crippen LogP contribution in [-0.2, 0) is 0 Å². The van der Waals surface area contributed by atoms with Gasteiger partial charge in [-0.05, 0) is 6.92 Å². The second kappa shape index (κ2) is 20.6. The molecule has 1 nitrogen and oxygen atoms in total. The van der Waals surface area contributed by atoms with Crippen LogP contribution in [0.1, 0.15) is 6.92 Å². The molecule has 0 saturated heterocycles. The van der Waals surface area contributed by atoms with Gasteiger partial charge in [0.05, 0.1) is 0 Å². The fourth-order valence-electron chi connectivity index (χ4n) is 0.760. The van der Waals surface area contributed by atoms with Crippen LogP contribution in [0.4, 0.5) is 0 Å². The SMILES string of the molecule is C#CC#CC#CC#CC#CC#CB=NC#CC#CC#CC#CC#CC#CC. The van der Waals surface area contributed by atoms with Gasteiger partial charge in [0.15, 0.2) is 0 Å². The molecule has 0 aliphatic heterocycles. The average molecular weight is 329 g/mol. The third-order valence-corrected chi connectivity index (χ3v) is 1.58. The number of rotatable bonds is 0. The molecule has 0 amide bonds.